The van der Waals surface area contributed by atoms with Gasteiger partial charge in [-0.1, -0.05) is 6.07 Å². The Balaban J connectivity index is 1.65. The first-order valence-corrected chi connectivity index (χ1v) is 8.34. The molecule has 3 N–H and O–H groups in total. The lowest BCUT2D eigenvalue weighted by Gasteiger charge is -2.09. The molecular formula is C16H20N4O3S. The van der Waals surface area contributed by atoms with E-state index in [1.54, 1.807) is 24.3 Å². The molecule has 2 aromatic rings. The Labute approximate surface area is 144 Å². The lowest BCUT2D eigenvalue weighted by molar-refractivity contribution is -0.114. The first kappa shape index (κ1) is 17.7. The van der Waals surface area contributed by atoms with Crippen LogP contribution < -0.4 is 20.7 Å². The van der Waals surface area contributed by atoms with Gasteiger partial charge in [-0.05, 0) is 19.1 Å². The minimum atomic E-state index is -0.265. The highest BCUT2D eigenvalue weighted by Crippen LogP contribution is 2.17. The van der Waals surface area contributed by atoms with Gasteiger partial charge >= 0.3 is 6.03 Å². The van der Waals surface area contributed by atoms with Crippen molar-refractivity contribution in [2.24, 2.45) is 0 Å². The minimum Gasteiger partial charge on any atom is -0.492 e. The molecule has 8 heteroatoms. The van der Waals surface area contributed by atoms with Crippen LogP contribution in [0.4, 0.5) is 10.5 Å². The predicted molar refractivity (Wildman–Crippen MR) is 93.3 cm³/mol. The van der Waals surface area contributed by atoms with Crippen molar-refractivity contribution in [3.63, 3.8) is 0 Å². The Morgan fingerprint density at radius 2 is 2.12 bits per heavy atom. The average Bonchev–Trinajstić information content (AvgIpc) is 2.95. The number of hydrogen-bond acceptors (Lipinski definition) is 5. The number of ether oxygens (including phenoxy) is 1. The van der Waals surface area contributed by atoms with Gasteiger partial charge in [-0.2, -0.15) is 0 Å². The number of urea groups is 1. The molecule has 0 aliphatic rings. The molecule has 0 saturated heterocycles. The van der Waals surface area contributed by atoms with E-state index in [4.69, 9.17) is 4.74 Å². The van der Waals surface area contributed by atoms with Gasteiger partial charge in [-0.15, -0.1) is 11.3 Å². The van der Waals surface area contributed by atoms with Crippen LogP contribution >= 0.6 is 11.3 Å². The van der Waals surface area contributed by atoms with E-state index in [-0.39, 0.29) is 11.9 Å². The van der Waals surface area contributed by atoms with Gasteiger partial charge in [-0.3, -0.25) is 4.79 Å². The minimum absolute atomic E-state index is 0.138. The monoisotopic (exact) mass is 348 g/mol. The number of carbonyl (C=O) groups is 2. The maximum absolute atomic E-state index is 11.7. The quantitative estimate of drug-likeness (QED) is 0.669. The largest absolute Gasteiger partial charge is 0.492 e. The maximum atomic E-state index is 11.7. The summed E-state index contributed by atoms with van der Waals surface area (Å²) < 4.78 is 5.54. The van der Waals surface area contributed by atoms with Crippen LogP contribution in [0.2, 0.25) is 0 Å². The van der Waals surface area contributed by atoms with E-state index in [0.717, 1.165) is 10.7 Å². The van der Waals surface area contributed by atoms with E-state index in [9.17, 15) is 9.59 Å². The summed E-state index contributed by atoms with van der Waals surface area (Å²) in [4.78, 5) is 26.9. The van der Waals surface area contributed by atoms with E-state index >= 15 is 0 Å². The van der Waals surface area contributed by atoms with Gasteiger partial charge in [0, 0.05) is 29.8 Å². The molecule has 24 heavy (non-hydrogen) atoms. The van der Waals surface area contributed by atoms with Crippen LogP contribution in [-0.2, 0) is 11.3 Å². The number of aromatic nitrogens is 1. The highest BCUT2D eigenvalue weighted by atomic mass is 32.1. The summed E-state index contributed by atoms with van der Waals surface area (Å²) in [6, 6.07) is 6.82. The Bertz CT molecular complexity index is 702. The van der Waals surface area contributed by atoms with Gasteiger partial charge in [0.25, 0.3) is 0 Å². The van der Waals surface area contributed by atoms with Crippen LogP contribution in [0.3, 0.4) is 0 Å². The fraction of sp³-hybridized carbons (Fsp3) is 0.312. The molecule has 0 saturated carbocycles. The molecule has 0 aliphatic carbocycles. The predicted octanol–water partition coefficient (Wildman–Crippen LogP) is 2.29. The third-order valence-electron chi connectivity index (χ3n) is 2.88. The SMILES string of the molecule is CC(=O)Nc1cccc(OCCNC(=O)NCc2nc(C)cs2)c1. The Morgan fingerprint density at radius 3 is 2.83 bits per heavy atom. The molecule has 3 amide bonds. The third kappa shape index (κ3) is 6.25. The number of rotatable bonds is 7. The second kappa shape index (κ2) is 8.88. The molecular weight excluding hydrogens is 328 g/mol. The van der Waals surface area contributed by atoms with E-state index in [0.29, 0.717) is 31.1 Å². The Morgan fingerprint density at radius 1 is 1.29 bits per heavy atom. The number of anilines is 1. The van der Waals surface area contributed by atoms with Crippen LogP contribution in [0, 0.1) is 6.92 Å². The van der Waals surface area contributed by atoms with Gasteiger partial charge in [0.1, 0.15) is 17.4 Å². The number of carbonyl (C=O) groups excluding carboxylic acids is 2. The number of benzene rings is 1. The first-order valence-electron chi connectivity index (χ1n) is 7.46. The van der Waals surface area contributed by atoms with Crippen molar-refractivity contribution < 1.29 is 14.3 Å². The van der Waals surface area contributed by atoms with E-state index in [1.165, 1.54) is 18.3 Å². The molecule has 128 valence electrons. The van der Waals surface area contributed by atoms with Crippen molar-refractivity contribution in [3.8, 4) is 5.75 Å². The molecule has 0 spiro atoms. The van der Waals surface area contributed by atoms with Gasteiger partial charge < -0.3 is 20.7 Å². The molecule has 0 aliphatic heterocycles. The molecule has 0 bridgehead atoms. The number of aryl methyl sites for hydroxylation is 1. The van der Waals surface area contributed by atoms with Gasteiger partial charge in [-0.25, -0.2) is 9.78 Å². The fourth-order valence-electron chi connectivity index (χ4n) is 1.90. The summed E-state index contributed by atoms with van der Waals surface area (Å²) in [6.07, 6.45) is 0. The third-order valence-corrected chi connectivity index (χ3v) is 3.84. The van der Waals surface area contributed by atoms with Crippen LogP contribution in [0.15, 0.2) is 29.6 Å². The van der Waals surface area contributed by atoms with Crippen LogP contribution in [0.1, 0.15) is 17.6 Å². The molecule has 1 aromatic carbocycles. The number of nitrogens with one attached hydrogen (secondary N) is 3. The summed E-state index contributed by atoms with van der Waals surface area (Å²) in [6.45, 7) is 4.46. The van der Waals surface area contributed by atoms with Crippen molar-refractivity contribution in [3.05, 3.63) is 40.3 Å². The van der Waals surface area contributed by atoms with Crippen LogP contribution in [0.5, 0.6) is 5.75 Å². The number of thiazole rings is 1. The molecule has 0 unspecified atom stereocenters. The lowest BCUT2D eigenvalue weighted by Crippen LogP contribution is -2.37. The van der Waals surface area contributed by atoms with E-state index in [2.05, 4.69) is 20.9 Å². The van der Waals surface area contributed by atoms with Gasteiger partial charge in [0.2, 0.25) is 5.91 Å². The zero-order valence-electron chi connectivity index (χ0n) is 13.6. The standard InChI is InChI=1S/C16H20N4O3S/c1-11-10-24-15(19-11)9-18-16(22)17-6-7-23-14-5-3-4-13(8-14)20-12(2)21/h3-5,8,10H,6-7,9H2,1-2H3,(H,20,21)(H2,17,18,22). The second-order valence-electron chi connectivity index (χ2n) is 5.05. The summed E-state index contributed by atoms with van der Waals surface area (Å²) >= 11 is 1.51. The molecule has 0 radical (unpaired) electrons. The van der Waals surface area contributed by atoms with Crippen molar-refractivity contribution in [1.82, 2.24) is 15.6 Å². The van der Waals surface area contributed by atoms with E-state index in [1.807, 2.05) is 12.3 Å². The number of hydrogen-bond donors (Lipinski definition) is 3. The highest BCUT2D eigenvalue weighted by Gasteiger charge is 2.03. The van der Waals surface area contributed by atoms with Crippen LogP contribution in [-0.4, -0.2) is 30.1 Å². The zero-order chi connectivity index (χ0) is 17.4. The molecule has 1 aromatic heterocycles. The molecule has 1 heterocycles. The van der Waals surface area contributed by atoms with Gasteiger partial charge in [0.05, 0.1) is 13.1 Å². The first-order chi connectivity index (χ1) is 11.5. The molecule has 0 atom stereocenters. The molecule has 7 nitrogen and oxygen atoms in total. The van der Waals surface area contributed by atoms with Crippen molar-refractivity contribution in [2.45, 2.75) is 20.4 Å². The van der Waals surface area contributed by atoms with E-state index < -0.39 is 0 Å². The smallest absolute Gasteiger partial charge is 0.315 e. The molecule has 0 fully saturated rings. The van der Waals surface area contributed by atoms with Crippen molar-refractivity contribution in [1.29, 1.82) is 0 Å². The summed E-state index contributed by atoms with van der Waals surface area (Å²) in [5.41, 5.74) is 1.62. The van der Waals surface area contributed by atoms with Crippen molar-refractivity contribution >= 4 is 29.0 Å². The fourth-order valence-corrected chi connectivity index (χ4v) is 2.61. The number of amides is 3. The second-order valence-corrected chi connectivity index (χ2v) is 5.99. The number of nitrogens with zero attached hydrogens (tertiary/aromatic N) is 1. The highest BCUT2D eigenvalue weighted by molar-refractivity contribution is 7.09. The summed E-state index contributed by atoms with van der Waals surface area (Å²) in [5, 5.41) is 10.9. The summed E-state index contributed by atoms with van der Waals surface area (Å²) in [7, 11) is 0. The van der Waals surface area contributed by atoms with Gasteiger partial charge in [0.15, 0.2) is 0 Å². The average molecular weight is 348 g/mol. The zero-order valence-corrected chi connectivity index (χ0v) is 14.4. The Hall–Kier alpha value is -2.61. The van der Waals surface area contributed by atoms with Crippen molar-refractivity contribution in [2.75, 3.05) is 18.5 Å². The lowest BCUT2D eigenvalue weighted by atomic mass is 10.3. The maximum Gasteiger partial charge on any atom is 0.315 e. The molecule has 2 rings (SSSR count). The van der Waals surface area contributed by atoms with Crippen LogP contribution in [0.25, 0.3) is 0 Å². The normalized spacial score (nSPS) is 10.1. The summed E-state index contributed by atoms with van der Waals surface area (Å²) in [5.74, 6) is 0.489. The topological polar surface area (TPSA) is 92.4 Å². The Kier molecular flexibility index (Phi) is 6.56.